The first-order chi connectivity index (χ1) is 30.6. The van der Waals surface area contributed by atoms with Crippen LogP contribution in [0.1, 0.15) is 99.4 Å². The van der Waals surface area contributed by atoms with Crippen LogP contribution in [-0.4, -0.2) is 95.3 Å². The molecule has 16 heteroatoms. The first-order valence-corrected chi connectivity index (χ1v) is 23.0. The molecule has 1 saturated carbocycles. The van der Waals surface area contributed by atoms with E-state index in [4.69, 9.17) is 26.3 Å². The zero-order chi connectivity index (χ0) is 46.0. The number of β-amino-alcohol motifs (C(OH)–C–C–N with tert-alkyl or cyclic N) is 1. The standard InChI is InChI=1S/C48H58ClN7O7S/c1-29(31-9-11-32(12-10-31)43-30(2)52-28-64-43)53-46(60)41-23-37(57)26-56(41)47(61)44(48(3,4)5)55-42(58)27-62-20-8-6-7-19-51-35-16-13-33(14-17-35)45(59)54-36-21-39(22-36)63-38-18-15-34(25-50)40(49)24-38/h9-18,24,28-29,36-37,39,41,44,51,57H,6-8,19-23,26-27H2,1-5H3,(H,53,60)(H,54,59)(H,55,58)/t29-,36-,37+,39-,41-,44?/m0/s1. The zero-order valence-electron chi connectivity index (χ0n) is 37.0. The second-order valence-corrected chi connectivity index (χ2v) is 18.9. The summed E-state index contributed by atoms with van der Waals surface area (Å²) in [5.41, 5.74) is 5.91. The van der Waals surface area contributed by atoms with Gasteiger partial charge in [-0.15, -0.1) is 11.3 Å². The molecule has 340 valence electrons. The van der Waals surface area contributed by atoms with Gasteiger partial charge in [-0.3, -0.25) is 19.2 Å². The number of hydrogen-bond donors (Lipinski definition) is 5. The number of rotatable bonds is 19. The summed E-state index contributed by atoms with van der Waals surface area (Å²) < 4.78 is 11.6. The van der Waals surface area contributed by atoms with Crippen molar-refractivity contribution < 1.29 is 33.8 Å². The van der Waals surface area contributed by atoms with Crippen molar-refractivity contribution in [3.05, 3.63) is 99.6 Å². The van der Waals surface area contributed by atoms with Gasteiger partial charge in [-0.2, -0.15) is 5.26 Å². The Morgan fingerprint density at radius 1 is 1.00 bits per heavy atom. The van der Waals surface area contributed by atoms with Crippen molar-refractivity contribution in [1.29, 1.82) is 5.26 Å². The van der Waals surface area contributed by atoms with E-state index in [0.717, 1.165) is 53.2 Å². The average molecular weight is 913 g/mol. The third-order valence-electron chi connectivity index (χ3n) is 11.5. The Hall–Kier alpha value is -5.53. The Balaban J connectivity index is 0.858. The lowest BCUT2D eigenvalue weighted by Crippen LogP contribution is -2.58. The van der Waals surface area contributed by atoms with Crippen LogP contribution >= 0.6 is 22.9 Å². The van der Waals surface area contributed by atoms with Crippen LogP contribution in [0.3, 0.4) is 0 Å². The second kappa shape index (κ2) is 21.9. The quantitative estimate of drug-likeness (QED) is 0.0615. The fourth-order valence-electron chi connectivity index (χ4n) is 7.76. The monoisotopic (exact) mass is 911 g/mol. The highest BCUT2D eigenvalue weighted by Gasteiger charge is 2.44. The van der Waals surface area contributed by atoms with Gasteiger partial charge < -0.3 is 40.7 Å². The summed E-state index contributed by atoms with van der Waals surface area (Å²) in [5.74, 6) is -0.770. The number of likely N-dealkylation sites (tertiary alicyclic amines) is 1. The number of aryl methyl sites for hydroxylation is 1. The summed E-state index contributed by atoms with van der Waals surface area (Å²) in [4.78, 5) is 60.3. The van der Waals surface area contributed by atoms with E-state index in [2.05, 4.69) is 26.3 Å². The Morgan fingerprint density at radius 3 is 2.39 bits per heavy atom. The first-order valence-electron chi connectivity index (χ1n) is 21.8. The number of thiazole rings is 1. The van der Waals surface area contributed by atoms with E-state index in [-0.39, 0.29) is 49.6 Å². The number of carbonyl (C=O) groups is 4. The van der Waals surface area contributed by atoms with Crippen LogP contribution in [0, 0.1) is 23.7 Å². The van der Waals surface area contributed by atoms with E-state index >= 15 is 0 Å². The highest BCUT2D eigenvalue weighted by atomic mass is 35.5. The molecular formula is C48H58ClN7O7S. The molecule has 1 aliphatic heterocycles. The number of benzene rings is 3. The summed E-state index contributed by atoms with van der Waals surface area (Å²) in [7, 11) is 0. The van der Waals surface area contributed by atoms with Crippen LogP contribution < -0.4 is 26.0 Å². The van der Waals surface area contributed by atoms with Crippen molar-refractivity contribution >= 4 is 52.3 Å². The lowest BCUT2D eigenvalue weighted by molar-refractivity contribution is -0.144. The van der Waals surface area contributed by atoms with E-state index in [0.29, 0.717) is 41.3 Å². The van der Waals surface area contributed by atoms with Crippen molar-refractivity contribution in [3.63, 3.8) is 0 Å². The number of hydrogen-bond acceptors (Lipinski definition) is 11. The molecule has 4 atom stereocenters. The number of unbranched alkanes of at least 4 members (excludes halogenated alkanes) is 2. The van der Waals surface area contributed by atoms with E-state index in [1.807, 2.05) is 82.6 Å². The maximum absolute atomic E-state index is 14.0. The van der Waals surface area contributed by atoms with Crippen LogP contribution in [0.2, 0.25) is 5.02 Å². The smallest absolute Gasteiger partial charge is 0.251 e. The zero-order valence-corrected chi connectivity index (χ0v) is 38.6. The molecule has 4 amide bonds. The van der Waals surface area contributed by atoms with Crippen molar-refractivity contribution in [2.75, 3.05) is 31.6 Å². The number of nitrogens with one attached hydrogen (secondary N) is 4. The van der Waals surface area contributed by atoms with E-state index in [1.54, 1.807) is 41.7 Å². The fourth-order valence-corrected chi connectivity index (χ4v) is 8.79. The number of anilines is 1. The van der Waals surface area contributed by atoms with Gasteiger partial charge in [0, 0.05) is 62.3 Å². The molecule has 5 N–H and O–H groups in total. The molecule has 2 heterocycles. The molecule has 1 saturated heterocycles. The van der Waals surface area contributed by atoms with Gasteiger partial charge in [-0.25, -0.2) is 4.98 Å². The molecule has 0 spiro atoms. The van der Waals surface area contributed by atoms with Crippen LogP contribution in [0.15, 0.2) is 72.2 Å². The molecule has 64 heavy (non-hydrogen) atoms. The SMILES string of the molecule is Cc1ncsc1-c1ccc([C@H](C)NC(=O)[C@@H]2C[C@@H](O)CN2C(=O)C(NC(=O)COCCCCCNc2ccc(C(=O)N[C@H]3C[C@H](Oc4ccc(C#N)c(Cl)c4)C3)cc2)C(C)(C)C)cc1. The lowest BCUT2D eigenvalue weighted by Gasteiger charge is -2.35. The molecule has 0 radical (unpaired) electrons. The van der Waals surface area contributed by atoms with Gasteiger partial charge in [0.1, 0.15) is 36.6 Å². The van der Waals surface area contributed by atoms with Gasteiger partial charge in [0.25, 0.3) is 5.91 Å². The molecule has 3 aromatic carbocycles. The molecule has 6 rings (SSSR count). The lowest BCUT2D eigenvalue weighted by atomic mass is 9.85. The van der Waals surface area contributed by atoms with Gasteiger partial charge in [-0.1, -0.05) is 56.6 Å². The van der Waals surface area contributed by atoms with Crippen molar-refractivity contribution in [3.8, 4) is 22.3 Å². The van der Waals surface area contributed by atoms with Crippen molar-refractivity contribution in [2.24, 2.45) is 5.41 Å². The summed E-state index contributed by atoms with van der Waals surface area (Å²) in [6, 6.07) is 20.1. The average Bonchev–Trinajstić information content (AvgIpc) is 3.87. The Kier molecular flexibility index (Phi) is 16.4. The van der Waals surface area contributed by atoms with Crippen molar-refractivity contribution in [2.45, 2.75) is 110 Å². The number of nitrogens with zero attached hydrogens (tertiary/aromatic N) is 3. The van der Waals surface area contributed by atoms with Gasteiger partial charge in [-0.05, 0) is 86.1 Å². The maximum Gasteiger partial charge on any atom is 0.251 e. The number of carbonyl (C=O) groups excluding carboxylic acids is 4. The normalized spacial score (nSPS) is 19.1. The number of aliphatic hydroxyl groups excluding tert-OH is 1. The van der Waals surface area contributed by atoms with Crippen LogP contribution in [0.5, 0.6) is 5.75 Å². The van der Waals surface area contributed by atoms with Gasteiger partial charge >= 0.3 is 0 Å². The summed E-state index contributed by atoms with van der Waals surface area (Å²) >= 11 is 7.67. The van der Waals surface area contributed by atoms with Crippen LogP contribution in [0.4, 0.5) is 5.69 Å². The minimum Gasteiger partial charge on any atom is -0.490 e. The number of nitriles is 1. The summed E-state index contributed by atoms with van der Waals surface area (Å²) in [6.07, 6.45) is 3.02. The minimum absolute atomic E-state index is 0.0107. The van der Waals surface area contributed by atoms with Crippen molar-refractivity contribution in [1.82, 2.24) is 25.8 Å². The molecule has 1 aromatic heterocycles. The Morgan fingerprint density at radius 2 is 1.73 bits per heavy atom. The van der Waals surface area contributed by atoms with Gasteiger partial charge in [0.05, 0.1) is 38.8 Å². The predicted octanol–water partition coefficient (Wildman–Crippen LogP) is 6.95. The number of halogens is 1. The maximum atomic E-state index is 14.0. The molecular weight excluding hydrogens is 854 g/mol. The fraction of sp³-hybridized carbons (Fsp3) is 0.458. The highest BCUT2D eigenvalue weighted by Crippen LogP contribution is 2.31. The molecule has 1 aliphatic carbocycles. The van der Waals surface area contributed by atoms with Gasteiger partial charge in [0.15, 0.2) is 0 Å². The molecule has 2 fully saturated rings. The topological polar surface area (TPSA) is 195 Å². The highest BCUT2D eigenvalue weighted by molar-refractivity contribution is 7.13. The first kappa shape index (κ1) is 47.9. The molecule has 0 bridgehead atoms. The van der Waals surface area contributed by atoms with E-state index in [1.165, 1.54) is 4.90 Å². The van der Waals surface area contributed by atoms with E-state index < -0.39 is 35.4 Å². The van der Waals surface area contributed by atoms with E-state index in [9.17, 15) is 24.3 Å². The molecule has 1 unspecified atom stereocenters. The largest absolute Gasteiger partial charge is 0.490 e. The minimum atomic E-state index is -0.947. The van der Waals surface area contributed by atoms with Crippen LogP contribution in [0.25, 0.3) is 10.4 Å². The number of aromatic nitrogens is 1. The number of ether oxygens (including phenoxy) is 2. The number of amides is 4. The molecule has 14 nitrogen and oxygen atoms in total. The third kappa shape index (κ3) is 12.8. The molecule has 4 aromatic rings. The second-order valence-electron chi connectivity index (χ2n) is 17.6. The van der Waals surface area contributed by atoms with Gasteiger partial charge in [0.2, 0.25) is 17.7 Å². The summed E-state index contributed by atoms with van der Waals surface area (Å²) in [5, 5.41) is 32.3. The Bertz CT molecular complexity index is 2290. The van der Waals surface area contributed by atoms with Crippen LogP contribution in [-0.2, 0) is 19.1 Å². The number of aliphatic hydroxyl groups is 1. The predicted molar refractivity (Wildman–Crippen MR) is 247 cm³/mol. The summed E-state index contributed by atoms with van der Waals surface area (Å²) in [6.45, 7) is 10.2. The Labute approximate surface area is 384 Å². The third-order valence-corrected chi connectivity index (χ3v) is 12.8. The molecule has 2 aliphatic rings.